The first-order chi connectivity index (χ1) is 11.9. The van der Waals surface area contributed by atoms with Gasteiger partial charge in [0.05, 0.1) is 0 Å². The van der Waals surface area contributed by atoms with E-state index in [0.717, 1.165) is 0 Å². The second-order valence-corrected chi connectivity index (χ2v) is 8.44. The number of amides is 1. The highest BCUT2D eigenvalue weighted by Gasteiger charge is 2.19. The van der Waals surface area contributed by atoms with Crippen LogP contribution in [-0.4, -0.2) is 17.2 Å². The summed E-state index contributed by atoms with van der Waals surface area (Å²) in [6.07, 6.45) is 3.58. The summed E-state index contributed by atoms with van der Waals surface area (Å²) in [5.74, 6) is 0.211. The molecule has 2 N–H and O–H groups in total. The molecule has 0 radical (unpaired) electrons. The van der Waals surface area contributed by atoms with Gasteiger partial charge in [0.25, 0.3) is 0 Å². The van der Waals surface area contributed by atoms with Crippen molar-refractivity contribution >= 4 is 12.2 Å². The number of pyridine rings is 1. The zero-order valence-electron chi connectivity index (χ0n) is 17.0. The molecule has 26 heavy (non-hydrogen) atoms. The van der Waals surface area contributed by atoms with Crippen LogP contribution in [0.2, 0.25) is 0 Å². The van der Waals surface area contributed by atoms with Gasteiger partial charge in [0.1, 0.15) is 5.84 Å². The minimum atomic E-state index is 0.211. The summed E-state index contributed by atoms with van der Waals surface area (Å²) in [5, 5.41) is 0. The van der Waals surface area contributed by atoms with Crippen LogP contribution in [-0.2, 0) is 15.6 Å². The Balaban J connectivity index is 0.000000273. The van der Waals surface area contributed by atoms with Crippen LogP contribution in [0.5, 0.6) is 0 Å². The molecule has 140 valence electrons. The average Bonchev–Trinajstić information content (AvgIpc) is 2.54. The summed E-state index contributed by atoms with van der Waals surface area (Å²) in [7, 11) is 0. The molecule has 0 aliphatic rings. The van der Waals surface area contributed by atoms with Crippen molar-refractivity contribution in [2.24, 2.45) is 10.7 Å². The number of rotatable bonds is 2. The first-order valence-electron chi connectivity index (χ1n) is 8.75. The molecule has 1 heterocycles. The second-order valence-electron chi connectivity index (χ2n) is 8.44. The quantitative estimate of drug-likeness (QED) is 0.490. The van der Waals surface area contributed by atoms with Crippen LogP contribution in [0.15, 0.2) is 47.7 Å². The van der Waals surface area contributed by atoms with Crippen LogP contribution in [0.4, 0.5) is 0 Å². The third kappa shape index (κ3) is 6.79. The second kappa shape index (κ2) is 8.75. The Kier molecular flexibility index (Phi) is 7.25. The smallest absolute Gasteiger partial charge is 0.234 e. The van der Waals surface area contributed by atoms with Crippen LogP contribution >= 0.6 is 0 Å². The number of aryl methyl sites for hydroxylation is 1. The van der Waals surface area contributed by atoms with Gasteiger partial charge in [-0.25, -0.2) is 0 Å². The van der Waals surface area contributed by atoms with Gasteiger partial charge in [0.2, 0.25) is 6.41 Å². The maximum absolute atomic E-state index is 9.91. The first kappa shape index (κ1) is 21.6. The summed E-state index contributed by atoms with van der Waals surface area (Å²) in [4.78, 5) is 17.1. The summed E-state index contributed by atoms with van der Waals surface area (Å²) >= 11 is 0. The van der Waals surface area contributed by atoms with E-state index in [0.29, 0.717) is 12.0 Å². The minimum Gasteiger partial charge on any atom is -0.383 e. The molecule has 4 heteroatoms. The topological polar surface area (TPSA) is 68.3 Å². The molecule has 0 spiro atoms. The number of aromatic nitrogens is 1. The molecule has 0 bridgehead atoms. The zero-order valence-corrected chi connectivity index (χ0v) is 17.0. The lowest BCUT2D eigenvalue weighted by atomic mass is 9.80. The Bertz CT molecular complexity index is 719. The van der Waals surface area contributed by atoms with Crippen molar-refractivity contribution in [3.05, 3.63) is 65.0 Å². The lowest BCUT2D eigenvalue weighted by Gasteiger charge is -2.25. The van der Waals surface area contributed by atoms with Crippen molar-refractivity contribution in [2.45, 2.75) is 59.3 Å². The zero-order chi connectivity index (χ0) is 20.0. The SMILES string of the molecule is Cc1cc(C(C)(C)C)cc(C(C)(C)C)c1.NC(=NC=O)c1ccncc1. The fraction of sp³-hybridized carbons (Fsp3) is 0.409. The van der Waals surface area contributed by atoms with E-state index in [9.17, 15) is 4.79 Å². The van der Waals surface area contributed by atoms with Crippen molar-refractivity contribution in [1.82, 2.24) is 4.98 Å². The van der Waals surface area contributed by atoms with E-state index in [1.165, 1.54) is 16.7 Å². The Labute approximate surface area is 157 Å². The molecule has 1 aromatic carbocycles. The van der Waals surface area contributed by atoms with Crippen molar-refractivity contribution in [3.63, 3.8) is 0 Å². The first-order valence-corrected chi connectivity index (χ1v) is 8.75. The van der Waals surface area contributed by atoms with Crippen LogP contribution < -0.4 is 5.73 Å². The van der Waals surface area contributed by atoms with E-state index in [2.05, 4.69) is 76.6 Å². The molecule has 0 atom stereocenters. The molecule has 2 rings (SSSR count). The fourth-order valence-corrected chi connectivity index (χ4v) is 2.30. The highest BCUT2D eigenvalue weighted by molar-refractivity contribution is 6.00. The Morgan fingerprint density at radius 1 is 0.962 bits per heavy atom. The Hall–Kier alpha value is -2.49. The molecule has 1 aromatic heterocycles. The minimum absolute atomic E-state index is 0.211. The van der Waals surface area contributed by atoms with Crippen LogP contribution in [0, 0.1) is 6.92 Å². The van der Waals surface area contributed by atoms with Gasteiger partial charge in [-0.15, -0.1) is 0 Å². The monoisotopic (exact) mass is 353 g/mol. The summed E-state index contributed by atoms with van der Waals surface area (Å²) in [5.41, 5.74) is 10.8. The predicted molar refractivity (Wildman–Crippen MR) is 110 cm³/mol. The molecule has 0 saturated carbocycles. The van der Waals surface area contributed by atoms with Crippen LogP contribution in [0.25, 0.3) is 0 Å². The van der Waals surface area contributed by atoms with Crippen LogP contribution in [0.1, 0.15) is 63.8 Å². The van der Waals surface area contributed by atoms with Gasteiger partial charge in [-0.05, 0) is 41.0 Å². The average molecular weight is 354 g/mol. The molecular weight excluding hydrogens is 322 g/mol. The van der Waals surface area contributed by atoms with E-state index < -0.39 is 0 Å². The van der Waals surface area contributed by atoms with Gasteiger partial charge in [0, 0.05) is 18.0 Å². The number of carbonyl (C=O) groups is 1. The molecule has 0 aliphatic heterocycles. The number of aliphatic imine (C=N–C) groups is 1. The van der Waals surface area contributed by atoms with E-state index >= 15 is 0 Å². The molecule has 0 unspecified atom stereocenters. The highest BCUT2D eigenvalue weighted by Crippen LogP contribution is 2.29. The summed E-state index contributed by atoms with van der Waals surface area (Å²) in [6, 6.07) is 10.3. The molecule has 0 fully saturated rings. The van der Waals surface area contributed by atoms with Crippen molar-refractivity contribution in [2.75, 3.05) is 0 Å². The molecule has 0 saturated heterocycles. The maximum Gasteiger partial charge on any atom is 0.234 e. The van der Waals surface area contributed by atoms with Gasteiger partial charge in [-0.1, -0.05) is 65.3 Å². The fourth-order valence-electron chi connectivity index (χ4n) is 2.30. The van der Waals surface area contributed by atoms with E-state index in [1.807, 2.05) is 0 Å². The highest BCUT2D eigenvalue weighted by atomic mass is 16.1. The van der Waals surface area contributed by atoms with E-state index in [1.54, 1.807) is 24.5 Å². The van der Waals surface area contributed by atoms with Gasteiger partial charge in [-0.2, -0.15) is 4.99 Å². The molecule has 2 aromatic rings. The lowest BCUT2D eigenvalue weighted by Crippen LogP contribution is -2.16. The number of nitrogens with two attached hydrogens (primary N) is 1. The third-order valence-corrected chi connectivity index (χ3v) is 3.98. The molecule has 1 amide bonds. The molecule has 4 nitrogen and oxygen atoms in total. The third-order valence-electron chi connectivity index (χ3n) is 3.98. The summed E-state index contributed by atoms with van der Waals surface area (Å²) in [6.45, 7) is 15.8. The lowest BCUT2D eigenvalue weighted by molar-refractivity contribution is -0.106. The van der Waals surface area contributed by atoms with E-state index in [4.69, 9.17) is 5.73 Å². The van der Waals surface area contributed by atoms with E-state index in [-0.39, 0.29) is 16.7 Å². The Morgan fingerprint density at radius 2 is 1.42 bits per heavy atom. The molecule has 0 aliphatic carbocycles. The van der Waals surface area contributed by atoms with Gasteiger partial charge >= 0.3 is 0 Å². The van der Waals surface area contributed by atoms with Crippen molar-refractivity contribution in [3.8, 4) is 0 Å². The Morgan fingerprint density at radius 3 is 1.81 bits per heavy atom. The van der Waals surface area contributed by atoms with Crippen molar-refractivity contribution < 1.29 is 4.79 Å². The largest absolute Gasteiger partial charge is 0.383 e. The summed E-state index contributed by atoms with van der Waals surface area (Å²) < 4.78 is 0. The number of carbonyl (C=O) groups excluding carboxylic acids is 1. The van der Waals surface area contributed by atoms with Gasteiger partial charge < -0.3 is 5.73 Å². The number of hydrogen-bond donors (Lipinski definition) is 1. The van der Waals surface area contributed by atoms with Crippen LogP contribution in [0.3, 0.4) is 0 Å². The number of benzene rings is 1. The van der Waals surface area contributed by atoms with Crippen molar-refractivity contribution in [1.29, 1.82) is 0 Å². The number of hydrogen-bond acceptors (Lipinski definition) is 2. The van der Waals surface area contributed by atoms with Gasteiger partial charge in [0.15, 0.2) is 0 Å². The number of nitrogens with zero attached hydrogens (tertiary/aromatic N) is 2. The molecular formula is C22H31N3O. The predicted octanol–water partition coefficient (Wildman–Crippen LogP) is 4.53. The maximum atomic E-state index is 9.91. The normalized spacial score (nSPS) is 12.2. The van der Waals surface area contributed by atoms with Gasteiger partial charge in [-0.3, -0.25) is 9.78 Å². The number of amidine groups is 1. The standard InChI is InChI=1S/C15H24.C7H7N3O/c1-11-8-12(14(2,3)4)10-13(9-11)15(5,6)7;8-7(10-5-11)6-1-3-9-4-2-6/h8-10H,1-7H3;1-5H,(H2,8,10,11).